The molecular weight excluding hydrogens is 320 g/mol. The molecule has 138 valence electrons. The minimum absolute atomic E-state index is 0.0618. The lowest BCUT2D eigenvalue weighted by molar-refractivity contribution is 0.214. The topological polar surface area (TPSA) is 13.0 Å². The summed E-state index contributed by atoms with van der Waals surface area (Å²) in [6.07, 6.45) is 8.33. The van der Waals surface area contributed by atoms with E-state index in [1.54, 1.807) is 0 Å². The van der Waals surface area contributed by atoms with E-state index in [1.807, 2.05) is 0 Å². The monoisotopic (exact) mass is 350 g/mol. The Bertz CT molecular complexity index is 602. The van der Waals surface area contributed by atoms with Crippen LogP contribution in [0.15, 0.2) is 49.1 Å². The van der Waals surface area contributed by atoms with Crippen LogP contribution in [-0.4, -0.2) is 30.7 Å². The predicted molar refractivity (Wildman–Crippen MR) is 105 cm³/mol. The molecular formula is C22H30N4. The second kappa shape index (κ2) is 6.90. The molecule has 0 unspecified atom stereocenters. The summed E-state index contributed by atoms with van der Waals surface area (Å²) in [4.78, 5) is 8.44. The smallest absolute Gasteiger partial charge is 0.208 e. The van der Waals surface area contributed by atoms with Gasteiger partial charge in [-0.3, -0.25) is 0 Å². The third-order valence-electron chi connectivity index (χ3n) is 4.44. The van der Waals surface area contributed by atoms with Crippen molar-refractivity contribution < 1.29 is 0 Å². The van der Waals surface area contributed by atoms with Gasteiger partial charge in [-0.1, -0.05) is 24.3 Å². The molecule has 0 aromatic heterocycles. The molecule has 26 heavy (non-hydrogen) atoms. The molecule has 0 spiro atoms. The number of nitrogens with zero attached hydrogens (tertiary/aromatic N) is 4. The normalized spacial score (nSPS) is 17.8. The average Bonchev–Trinajstić information content (AvgIpc) is 3.17. The highest BCUT2D eigenvalue weighted by molar-refractivity contribution is 5.24. The van der Waals surface area contributed by atoms with Crippen molar-refractivity contribution in [2.24, 2.45) is 0 Å². The van der Waals surface area contributed by atoms with Crippen LogP contribution in [0.5, 0.6) is 0 Å². The second-order valence-electron chi connectivity index (χ2n) is 8.95. The average molecular weight is 351 g/mol. The molecule has 4 heteroatoms. The molecule has 0 fully saturated rings. The predicted octanol–water partition coefficient (Wildman–Crippen LogP) is 4.45. The van der Waals surface area contributed by atoms with Crippen LogP contribution in [0.4, 0.5) is 0 Å². The highest BCUT2D eigenvalue weighted by Gasteiger charge is 2.26. The van der Waals surface area contributed by atoms with E-state index in [0.717, 1.165) is 13.1 Å². The first-order valence-corrected chi connectivity index (χ1v) is 9.20. The minimum atomic E-state index is 0.0618. The van der Waals surface area contributed by atoms with Crippen LogP contribution in [0.1, 0.15) is 52.7 Å². The molecule has 1 aromatic carbocycles. The quantitative estimate of drug-likeness (QED) is 0.795. The summed E-state index contributed by atoms with van der Waals surface area (Å²) in [5.41, 5.74) is 2.68. The molecule has 2 aliphatic rings. The summed E-state index contributed by atoms with van der Waals surface area (Å²) >= 11 is 0. The lowest BCUT2D eigenvalue weighted by Crippen LogP contribution is -2.35. The third-order valence-corrected chi connectivity index (χ3v) is 4.44. The van der Waals surface area contributed by atoms with E-state index >= 15 is 0 Å². The molecule has 1 aromatic rings. The van der Waals surface area contributed by atoms with Crippen molar-refractivity contribution in [3.05, 3.63) is 73.5 Å². The molecule has 0 N–H and O–H groups in total. The number of benzene rings is 1. The van der Waals surface area contributed by atoms with Gasteiger partial charge in [0.05, 0.1) is 0 Å². The maximum absolute atomic E-state index is 3.39. The lowest BCUT2D eigenvalue weighted by Gasteiger charge is -2.31. The van der Waals surface area contributed by atoms with Gasteiger partial charge in [-0.05, 0) is 52.7 Å². The van der Waals surface area contributed by atoms with Crippen molar-refractivity contribution in [3.63, 3.8) is 0 Å². The summed E-state index contributed by atoms with van der Waals surface area (Å²) < 4.78 is 0. The summed E-state index contributed by atoms with van der Waals surface area (Å²) in [5.74, 6) is 0. The van der Waals surface area contributed by atoms with E-state index in [-0.39, 0.29) is 11.1 Å². The van der Waals surface area contributed by atoms with Gasteiger partial charge in [0.2, 0.25) is 13.3 Å². The fourth-order valence-corrected chi connectivity index (χ4v) is 2.77. The zero-order valence-electron chi connectivity index (χ0n) is 16.8. The van der Waals surface area contributed by atoms with Gasteiger partial charge in [-0.25, -0.2) is 0 Å². The fraction of sp³-hybridized carbons (Fsp3) is 0.455. The Morgan fingerprint density at radius 3 is 1.23 bits per heavy atom. The molecule has 4 nitrogen and oxygen atoms in total. The van der Waals surface area contributed by atoms with Crippen LogP contribution in [0.25, 0.3) is 0 Å². The summed E-state index contributed by atoms with van der Waals surface area (Å²) in [5, 5.41) is 0. The van der Waals surface area contributed by atoms with Crippen molar-refractivity contribution in [3.8, 4) is 0 Å². The summed E-state index contributed by atoms with van der Waals surface area (Å²) in [7, 11) is 0. The molecule has 0 amide bonds. The van der Waals surface area contributed by atoms with Crippen molar-refractivity contribution >= 4 is 0 Å². The number of hydrogen-bond acceptors (Lipinski definition) is 4. The van der Waals surface area contributed by atoms with Crippen LogP contribution >= 0.6 is 0 Å². The Balaban J connectivity index is 1.51. The van der Waals surface area contributed by atoms with Gasteiger partial charge in [0.15, 0.2) is 0 Å². The van der Waals surface area contributed by atoms with E-state index in [2.05, 4.69) is 124 Å². The van der Waals surface area contributed by atoms with Crippen LogP contribution in [-0.2, 0) is 13.1 Å². The highest BCUT2D eigenvalue weighted by atomic mass is 15.4. The van der Waals surface area contributed by atoms with Crippen molar-refractivity contribution in [2.45, 2.75) is 65.7 Å². The first kappa shape index (κ1) is 18.7. The van der Waals surface area contributed by atoms with E-state index in [1.165, 1.54) is 11.1 Å². The molecule has 0 bridgehead atoms. The molecule has 0 aliphatic carbocycles. The van der Waals surface area contributed by atoms with E-state index < -0.39 is 0 Å². The second-order valence-corrected chi connectivity index (χ2v) is 8.95. The van der Waals surface area contributed by atoms with Crippen molar-refractivity contribution in [1.82, 2.24) is 19.6 Å². The van der Waals surface area contributed by atoms with Gasteiger partial charge < -0.3 is 19.6 Å². The molecule has 2 aliphatic heterocycles. The van der Waals surface area contributed by atoms with Gasteiger partial charge in [0.25, 0.3) is 0 Å². The third kappa shape index (κ3) is 4.54. The zero-order valence-corrected chi connectivity index (χ0v) is 16.8. The Labute approximate surface area is 159 Å². The largest absolute Gasteiger partial charge is 0.342 e. The maximum atomic E-state index is 3.39. The summed E-state index contributed by atoms with van der Waals surface area (Å²) in [6, 6.07) is 8.80. The van der Waals surface area contributed by atoms with Gasteiger partial charge >= 0.3 is 0 Å². The first-order valence-electron chi connectivity index (χ1n) is 9.20. The standard InChI is InChI=1S/C22H30N4/c1-21(2,3)25-13-11-23(17-25)15-19-7-9-20(10-8-19)16-24-12-14-26(18-24)22(4,5)6/h7-14H,15-16H2,1-6H3. The Morgan fingerprint density at radius 2 is 0.962 bits per heavy atom. The van der Waals surface area contributed by atoms with Crippen molar-refractivity contribution in [2.75, 3.05) is 0 Å². The van der Waals surface area contributed by atoms with Crippen LogP contribution in [0, 0.1) is 13.3 Å². The molecule has 2 heterocycles. The zero-order chi connectivity index (χ0) is 18.9. The van der Waals surface area contributed by atoms with Gasteiger partial charge in [-0.2, -0.15) is 0 Å². The highest BCUT2D eigenvalue weighted by Crippen LogP contribution is 2.25. The SMILES string of the molecule is CC(C)(C)N1[C]N(Cc2ccc(CN3[C]N(C(C)(C)C)C=C3)cc2)C=C1. The first-order chi connectivity index (χ1) is 12.1. The van der Waals surface area contributed by atoms with Crippen LogP contribution in [0.3, 0.4) is 0 Å². The van der Waals surface area contributed by atoms with Crippen LogP contribution < -0.4 is 0 Å². The van der Waals surface area contributed by atoms with Crippen LogP contribution in [0.2, 0.25) is 0 Å². The van der Waals surface area contributed by atoms with E-state index in [0.29, 0.717) is 0 Å². The number of hydrogen-bond donors (Lipinski definition) is 0. The van der Waals surface area contributed by atoms with E-state index in [4.69, 9.17) is 0 Å². The Kier molecular flexibility index (Phi) is 4.96. The Morgan fingerprint density at radius 1 is 0.615 bits per heavy atom. The molecule has 0 saturated heterocycles. The van der Waals surface area contributed by atoms with Gasteiger partial charge in [-0.15, -0.1) is 0 Å². The number of rotatable bonds is 4. The van der Waals surface area contributed by atoms with Gasteiger partial charge in [0, 0.05) is 49.0 Å². The van der Waals surface area contributed by atoms with Crippen molar-refractivity contribution in [1.29, 1.82) is 0 Å². The minimum Gasteiger partial charge on any atom is -0.342 e. The Hall–Kier alpha value is -2.10. The fourth-order valence-electron chi connectivity index (χ4n) is 2.77. The molecule has 4 radical (unpaired) electrons. The van der Waals surface area contributed by atoms with Gasteiger partial charge in [0.1, 0.15) is 0 Å². The van der Waals surface area contributed by atoms with E-state index in [9.17, 15) is 0 Å². The molecule has 0 atom stereocenters. The maximum Gasteiger partial charge on any atom is 0.208 e. The lowest BCUT2D eigenvalue weighted by atomic mass is 10.1. The molecule has 0 saturated carbocycles. The summed E-state index contributed by atoms with van der Waals surface area (Å²) in [6.45, 7) is 21.6. The molecule has 3 rings (SSSR count).